The number of alkyl carbamates (subject to hydrolysis) is 1. The number of rotatable bonds is 30. The summed E-state index contributed by atoms with van der Waals surface area (Å²) in [6, 6.07) is 13.6. The Morgan fingerprint density at radius 3 is 1.75 bits per heavy atom. The van der Waals surface area contributed by atoms with Gasteiger partial charge in [0.05, 0.1) is 31.1 Å². The molecule has 4 rings (SSSR count). The number of nitrogens with one attached hydrogen (secondary N) is 2. The van der Waals surface area contributed by atoms with Gasteiger partial charge in [-0.2, -0.15) is 0 Å². The molecule has 0 aromatic heterocycles. The summed E-state index contributed by atoms with van der Waals surface area (Å²) in [6.07, 6.45) is 1.44. The molecule has 0 radical (unpaired) electrons. The molecule has 2 aromatic carbocycles. The molecule has 2 aliphatic rings. The van der Waals surface area contributed by atoms with Crippen LogP contribution in [-0.2, 0) is 62.4 Å². The molecule has 3 amide bonds. The van der Waals surface area contributed by atoms with E-state index in [1.807, 2.05) is 6.07 Å². The van der Waals surface area contributed by atoms with Crippen LogP contribution >= 0.6 is 0 Å². The Labute approximate surface area is 491 Å². The zero-order valence-corrected chi connectivity index (χ0v) is 52.0. The maximum Gasteiger partial charge on any atom is 0.408 e. The van der Waals surface area contributed by atoms with Crippen LogP contribution in [0.15, 0.2) is 59.5 Å². The zero-order valence-electron chi connectivity index (χ0n) is 51.2. The minimum atomic E-state index is -4.46. The summed E-state index contributed by atoms with van der Waals surface area (Å²) < 4.78 is 55.5. The van der Waals surface area contributed by atoms with Crippen LogP contribution in [0, 0.1) is 5.41 Å². The van der Waals surface area contributed by atoms with Crippen molar-refractivity contribution in [2.75, 3.05) is 78.6 Å². The number of Topliss-reactive ketones (excluding diaryl/α,β-unsaturated/α-hetero) is 1. The molecular weight excluding hydrogens is 1090 g/mol. The fourth-order valence-electron chi connectivity index (χ4n) is 9.60. The summed E-state index contributed by atoms with van der Waals surface area (Å²) in [4.78, 5) is 106. The van der Waals surface area contributed by atoms with Gasteiger partial charge in [-0.25, -0.2) is 23.5 Å². The number of hydrogen-bond donors (Lipinski definition) is 3. The third-order valence-corrected chi connectivity index (χ3v) is 15.8. The predicted molar refractivity (Wildman–Crippen MR) is 311 cm³/mol. The van der Waals surface area contributed by atoms with E-state index in [0.717, 1.165) is 12.8 Å². The summed E-state index contributed by atoms with van der Waals surface area (Å²) >= 11 is 0. The van der Waals surface area contributed by atoms with Gasteiger partial charge in [0, 0.05) is 65.3 Å². The van der Waals surface area contributed by atoms with Crippen LogP contribution in [0.3, 0.4) is 0 Å². The molecule has 466 valence electrons. The first-order valence-electron chi connectivity index (χ1n) is 28.9. The number of carboxylic acids is 1. The fraction of sp³-hybridized carbons (Fsp3) is 0.683. The first-order valence-corrected chi connectivity index (χ1v) is 30.4. The number of nitrogens with zero attached hydrogens (tertiary/aromatic N) is 4. The summed E-state index contributed by atoms with van der Waals surface area (Å²) in [7, 11) is -4.46. The van der Waals surface area contributed by atoms with Gasteiger partial charge >= 0.3 is 24.0 Å². The van der Waals surface area contributed by atoms with E-state index in [4.69, 9.17) is 28.5 Å². The van der Waals surface area contributed by atoms with Gasteiger partial charge in [0.25, 0.3) is 5.91 Å². The second kappa shape index (κ2) is 31.4. The maximum absolute atomic E-state index is 14.7. The number of para-hydroxylation sites is 1. The molecule has 0 aliphatic carbocycles. The molecule has 2 aromatic rings. The Morgan fingerprint density at radius 2 is 1.23 bits per heavy atom. The van der Waals surface area contributed by atoms with Crippen LogP contribution in [-0.4, -0.2) is 187 Å². The molecule has 0 saturated carbocycles. The molecule has 3 N–H and O–H groups in total. The number of aliphatic carboxylic acids is 1. The Morgan fingerprint density at radius 1 is 0.687 bits per heavy atom. The summed E-state index contributed by atoms with van der Waals surface area (Å²) in [5, 5.41) is 12.6. The van der Waals surface area contributed by atoms with Crippen molar-refractivity contribution in [2.45, 2.75) is 186 Å². The lowest BCUT2D eigenvalue weighted by atomic mass is 9.94. The minimum absolute atomic E-state index is 0.119. The van der Waals surface area contributed by atoms with Crippen LogP contribution in [0.25, 0.3) is 0 Å². The Bertz CT molecular complexity index is 2510. The van der Waals surface area contributed by atoms with E-state index in [1.54, 1.807) is 96.4 Å². The topological polar surface area (TPSA) is 266 Å². The first-order chi connectivity index (χ1) is 38.6. The summed E-state index contributed by atoms with van der Waals surface area (Å²) in [5.41, 5.74) is -0.159. The molecule has 2 atom stereocenters. The molecule has 22 nitrogen and oxygen atoms in total. The largest absolute Gasteiger partial charge is 0.480 e. The van der Waals surface area contributed by atoms with Gasteiger partial charge in [-0.05, 0) is 143 Å². The molecule has 0 bridgehead atoms. The number of carboxylic acid groups (broad SMARTS) is 1. The summed E-state index contributed by atoms with van der Waals surface area (Å²) in [5.74, 6) is -2.74. The lowest BCUT2D eigenvalue weighted by Crippen LogP contribution is -2.60. The van der Waals surface area contributed by atoms with Crippen molar-refractivity contribution >= 4 is 51.4 Å². The average Bonchev–Trinajstić information content (AvgIpc) is 2.67. The molecule has 2 aliphatic heterocycles. The quantitative estimate of drug-likeness (QED) is 0.0299. The highest BCUT2D eigenvalue weighted by molar-refractivity contribution is 7.93. The van der Waals surface area contributed by atoms with Crippen molar-refractivity contribution in [3.05, 3.63) is 54.6 Å². The molecule has 2 heterocycles. The summed E-state index contributed by atoms with van der Waals surface area (Å²) in [6.45, 7) is 23.0. The SMILES string of the molecule is CC(C)(C)CN(CCN(CC(=O)O)CC(=O)CCCCC[C@H](NC(=O)OC(C)(C)C)C(=O)N1CCC(C(=O)NOC2CCCCO2)(S(=O)(=O)c2ccc(Oc3ccccc3)cc2)CC1)CCN(CC(=O)OC(C)(C)C)CC(=O)OC(C)(C)C. The number of unbranched alkanes of at least 4 members (excludes halogenated alkanes) is 2. The van der Waals surface area contributed by atoms with E-state index in [9.17, 15) is 47.1 Å². The lowest BCUT2D eigenvalue weighted by Gasteiger charge is -2.41. The number of piperidine rings is 1. The fourth-order valence-corrected chi connectivity index (χ4v) is 11.6. The number of ketones is 1. The number of benzene rings is 2. The predicted octanol–water partition coefficient (Wildman–Crippen LogP) is 7.32. The average molecular weight is 1190 g/mol. The number of carbonyl (C=O) groups excluding carboxylic acids is 6. The van der Waals surface area contributed by atoms with E-state index >= 15 is 0 Å². The van der Waals surface area contributed by atoms with Crippen LogP contribution in [0.2, 0.25) is 0 Å². The molecular formula is C60H94N6O16S. The van der Waals surface area contributed by atoms with Crippen molar-refractivity contribution in [1.29, 1.82) is 0 Å². The molecule has 2 saturated heterocycles. The number of hydroxylamine groups is 1. The van der Waals surface area contributed by atoms with Gasteiger partial charge in [0.2, 0.25) is 5.91 Å². The van der Waals surface area contributed by atoms with Gasteiger partial charge in [-0.3, -0.25) is 38.6 Å². The van der Waals surface area contributed by atoms with E-state index in [0.29, 0.717) is 70.0 Å². The van der Waals surface area contributed by atoms with E-state index in [-0.39, 0.29) is 87.6 Å². The molecule has 0 spiro atoms. The van der Waals surface area contributed by atoms with Crippen molar-refractivity contribution < 1.29 is 75.6 Å². The van der Waals surface area contributed by atoms with E-state index in [1.165, 1.54) is 29.2 Å². The van der Waals surface area contributed by atoms with Gasteiger partial charge in [0.15, 0.2) is 20.9 Å². The number of esters is 2. The standard InChI is InChI=1S/C60H94N6O16S/c1-56(2,3)43-63(35-37-65(41-50(70)79-57(4,5)6)42-51(71)80-58(7,8)9)34-36-64(40-49(68)69)39-44(67)21-15-13-18-24-48(61-55(74)81-59(10,11)12)53(72)66-32-30-60(31-33-66,54(73)62-82-52-25-19-20-38-77-52)83(75,76)47-28-26-46(27-29-47)78-45-22-16-14-17-23-45/h14,16-17,22-23,26-29,48,52H,13,15,18-21,24-25,30-43H2,1-12H3,(H,61,74)(H,62,73)(H,68,69)/t48-,52?/m0/s1. The van der Waals surface area contributed by atoms with Gasteiger partial charge < -0.3 is 43.9 Å². The smallest absolute Gasteiger partial charge is 0.408 e. The lowest BCUT2D eigenvalue weighted by molar-refractivity contribution is -0.202. The second-order valence-corrected chi connectivity index (χ2v) is 28.0. The van der Waals surface area contributed by atoms with Crippen molar-refractivity contribution in [2.24, 2.45) is 5.41 Å². The second-order valence-electron chi connectivity index (χ2n) is 25.7. The highest BCUT2D eigenvalue weighted by Gasteiger charge is 2.54. The van der Waals surface area contributed by atoms with Gasteiger partial charge in [-0.15, -0.1) is 0 Å². The van der Waals surface area contributed by atoms with E-state index in [2.05, 4.69) is 36.5 Å². The normalized spacial score (nSPS) is 16.5. The number of hydrogen-bond acceptors (Lipinski definition) is 18. The third-order valence-electron chi connectivity index (χ3n) is 13.2. The number of ether oxygens (including phenoxy) is 5. The van der Waals surface area contributed by atoms with E-state index < -0.39 is 79.5 Å². The Kier molecular flexibility index (Phi) is 26.4. The number of carbonyl (C=O) groups is 7. The number of amides is 3. The molecule has 83 heavy (non-hydrogen) atoms. The monoisotopic (exact) mass is 1190 g/mol. The Balaban J connectivity index is 1.41. The van der Waals surface area contributed by atoms with Crippen LogP contribution in [0.5, 0.6) is 11.5 Å². The molecule has 2 fully saturated rings. The first kappa shape index (κ1) is 69.8. The van der Waals surface area contributed by atoms with Crippen LogP contribution in [0.4, 0.5) is 4.79 Å². The molecule has 23 heteroatoms. The number of sulfone groups is 1. The number of likely N-dealkylation sites (tertiary alicyclic amines) is 1. The van der Waals surface area contributed by atoms with Crippen molar-refractivity contribution in [3.8, 4) is 11.5 Å². The van der Waals surface area contributed by atoms with Gasteiger partial charge in [-0.1, -0.05) is 51.8 Å². The van der Waals surface area contributed by atoms with Crippen molar-refractivity contribution in [3.63, 3.8) is 0 Å². The third kappa shape index (κ3) is 25.6. The highest BCUT2D eigenvalue weighted by atomic mass is 32.2. The maximum atomic E-state index is 14.7. The van der Waals surface area contributed by atoms with Gasteiger partial charge in [0.1, 0.15) is 40.1 Å². The van der Waals surface area contributed by atoms with Crippen LogP contribution in [0.1, 0.15) is 147 Å². The van der Waals surface area contributed by atoms with Crippen LogP contribution < -0.4 is 15.5 Å². The van der Waals surface area contributed by atoms with Crippen molar-refractivity contribution in [1.82, 2.24) is 30.4 Å². The Hall–Kier alpha value is -5.72. The minimum Gasteiger partial charge on any atom is -0.480 e. The zero-order chi connectivity index (χ0) is 61.8. The molecule has 1 unspecified atom stereocenters. The highest BCUT2D eigenvalue weighted by Crippen LogP contribution is 2.38.